The molecule has 2 aliphatic rings. The number of ether oxygens (including phenoxy) is 2. The minimum absolute atomic E-state index is 0.143. The lowest BCUT2D eigenvalue weighted by Crippen LogP contribution is -2.48. The predicted molar refractivity (Wildman–Crippen MR) is 113 cm³/mol. The third kappa shape index (κ3) is 4.73. The van der Waals surface area contributed by atoms with Crippen LogP contribution < -0.4 is 14.8 Å². The van der Waals surface area contributed by atoms with Crippen LogP contribution in [0.2, 0.25) is 0 Å². The Morgan fingerprint density at radius 3 is 2.48 bits per heavy atom. The number of likely N-dealkylation sites (tertiary alicyclic amines) is 1. The quantitative estimate of drug-likeness (QED) is 0.777. The van der Waals surface area contributed by atoms with Crippen LogP contribution in [0.3, 0.4) is 0 Å². The number of carbonyl (C=O) groups excluding carboxylic acids is 1. The minimum Gasteiger partial charge on any atom is -0.486 e. The van der Waals surface area contributed by atoms with Crippen molar-refractivity contribution in [3.05, 3.63) is 59.7 Å². The van der Waals surface area contributed by atoms with Crippen LogP contribution in [0.1, 0.15) is 43.4 Å². The Morgan fingerprint density at radius 1 is 1.03 bits per heavy atom. The molecule has 0 bridgehead atoms. The topological polar surface area (TPSA) is 50.8 Å². The second-order valence-corrected chi connectivity index (χ2v) is 7.81. The monoisotopic (exact) mass is 394 g/mol. The van der Waals surface area contributed by atoms with Gasteiger partial charge < -0.3 is 14.4 Å². The van der Waals surface area contributed by atoms with E-state index in [1.54, 1.807) is 0 Å². The zero-order valence-corrected chi connectivity index (χ0v) is 17.1. The lowest BCUT2D eigenvalue weighted by atomic mass is 9.99. The van der Waals surface area contributed by atoms with Gasteiger partial charge in [0.1, 0.15) is 13.2 Å². The van der Waals surface area contributed by atoms with Gasteiger partial charge in [-0.05, 0) is 48.9 Å². The van der Waals surface area contributed by atoms with Gasteiger partial charge in [-0.15, -0.1) is 0 Å². The van der Waals surface area contributed by atoms with E-state index in [-0.39, 0.29) is 18.0 Å². The van der Waals surface area contributed by atoms with E-state index >= 15 is 0 Å². The molecule has 0 radical (unpaired) electrons. The summed E-state index contributed by atoms with van der Waals surface area (Å²) in [5, 5.41) is 3.66. The SMILES string of the molecule is CCC(N[C@@H](Cc1ccc2c(c1)OCCO2)C(=O)N1CCCC1)c1ccccc1. The molecule has 5 heteroatoms. The summed E-state index contributed by atoms with van der Waals surface area (Å²) in [6.07, 6.45) is 3.75. The molecule has 2 aromatic carbocycles. The average molecular weight is 395 g/mol. The van der Waals surface area contributed by atoms with Crippen molar-refractivity contribution in [3.63, 3.8) is 0 Å². The third-order valence-corrected chi connectivity index (χ3v) is 5.77. The van der Waals surface area contributed by atoms with Crippen molar-refractivity contribution < 1.29 is 14.3 Å². The van der Waals surface area contributed by atoms with Crippen molar-refractivity contribution in [1.82, 2.24) is 10.2 Å². The summed E-state index contributed by atoms with van der Waals surface area (Å²) >= 11 is 0. The molecule has 0 spiro atoms. The minimum atomic E-state index is -0.263. The Morgan fingerprint density at radius 2 is 1.76 bits per heavy atom. The second-order valence-electron chi connectivity index (χ2n) is 7.81. The van der Waals surface area contributed by atoms with Gasteiger partial charge in [-0.3, -0.25) is 10.1 Å². The number of nitrogens with zero attached hydrogens (tertiary/aromatic N) is 1. The summed E-state index contributed by atoms with van der Waals surface area (Å²) in [6.45, 7) is 5.03. The first-order chi connectivity index (χ1) is 14.2. The van der Waals surface area contributed by atoms with Crippen molar-refractivity contribution in [2.75, 3.05) is 26.3 Å². The molecule has 0 aliphatic carbocycles. The molecule has 2 atom stereocenters. The number of carbonyl (C=O) groups is 1. The van der Waals surface area contributed by atoms with E-state index in [1.165, 1.54) is 5.56 Å². The van der Waals surface area contributed by atoms with Gasteiger partial charge in [-0.25, -0.2) is 0 Å². The maximum atomic E-state index is 13.3. The standard InChI is InChI=1S/C24H30N2O3/c1-2-20(19-8-4-3-5-9-19)25-21(24(27)26-12-6-7-13-26)16-18-10-11-22-23(17-18)29-15-14-28-22/h3-5,8-11,17,20-21,25H,2,6-7,12-16H2,1H3/t20?,21-/m0/s1. The highest BCUT2D eigenvalue weighted by molar-refractivity contribution is 5.82. The van der Waals surface area contributed by atoms with Crippen LogP contribution >= 0.6 is 0 Å². The molecule has 2 aromatic rings. The molecule has 1 fully saturated rings. The van der Waals surface area contributed by atoms with Crippen LogP contribution in [-0.4, -0.2) is 43.2 Å². The second kappa shape index (κ2) is 9.31. The number of fused-ring (bicyclic) bond motifs is 1. The zero-order valence-electron chi connectivity index (χ0n) is 17.1. The van der Waals surface area contributed by atoms with Crippen LogP contribution in [0, 0.1) is 0 Å². The van der Waals surface area contributed by atoms with E-state index in [9.17, 15) is 4.79 Å². The van der Waals surface area contributed by atoms with Crippen molar-refractivity contribution in [2.45, 2.75) is 44.7 Å². The summed E-state index contributed by atoms with van der Waals surface area (Å²) in [5.74, 6) is 1.76. The Hall–Kier alpha value is -2.53. The van der Waals surface area contributed by atoms with E-state index in [0.29, 0.717) is 19.6 Å². The van der Waals surface area contributed by atoms with Crippen LogP contribution in [-0.2, 0) is 11.2 Å². The van der Waals surface area contributed by atoms with Gasteiger partial charge in [0.15, 0.2) is 11.5 Å². The maximum absolute atomic E-state index is 13.3. The van der Waals surface area contributed by atoms with Crippen LogP contribution in [0.15, 0.2) is 48.5 Å². The van der Waals surface area contributed by atoms with Crippen molar-refractivity contribution in [3.8, 4) is 11.5 Å². The highest BCUT2D eigenvalue weighted by atomic mass is 16.6. The molecule has 2 heterocycles. The summed E-state index contributed by atoms with van der Waals surface area (Å²) in [7, 11) is 0. The van der Waals surface area contributed by atoms with Crippen molar-refractivity contribution in [1.29, 1.82) is 0 Å². The molecule has 1 unspecified atom stereocenters. The summed E-state index contributed by atoms with van der Waals surface area (Å²) in [5.41, 5.74) is 2.30. The first-order valence-electron chi connectivity index (χ1n) is 10.7. The van der Waals surface area contributed by atoms with E-state index in [1.807, 2.05) is 29.2 Å². The van der Waals surface area contributed by atoms with Gasteiger partial charge >= 0.3 is 0 Å². The fourth-order valence-electron chi connectivity index (χ4n) is 4.20. The molecular formula is C24H30N2O3. The molecule has 0 aromatic heterocycles. The first kappa shape index (κ1) is 19.8. The van der Waals surface area contributed by atoms with Gasteiger partial charge in [0.2, 0.25) is 5.91 Å². The molecule has 29 heavy (non-hydrogen) atoms. The first-order valence-corrected chi connectivity index (χ1v) is 10.7. The Balaban J connectivity index is 1.55. The Bertz CT molecular complexity index is 818. The number of rotatable bonds is 7. The maximum Gasteiger partial charge on any atom is 0.240 e. The van der Waals surface area contributed by atoms with Crippen molar-refractivity contribution in [2.24, 2.45) is 0 Å². The lowest BCUT2D eigenvalue weighted by molar-refractivity contribution is -0.132. The molecule has 0 saturated carbocycles. The molecule has 5 nitrogen and oxygen atoms in total. The predicted octanol–water partition coefficient (Wildman–Crippen LogP) is 3.73. The molecule has 2 aliphatic heterocycles. The highest BCUT2D eigenvalue weighted by Gasteiger charge is 2.29. The highest BCUT2D eigenvalue weighted by Crippen LogP contribution is 2.31. The summed E-state index contributed by atoms with van der Waals surface area (Å²) < 4.78 is 11.4. The van der Waals surface area contributed by atoms with Crippen LogP contribution in [0.4, 0.5) is 0 Å². The summed E-state index contributed by atoms with van der Waals surface area (Å²) in [4.78, 5) is 15.3. The van der Waals surface area contributed by atoms with Gasteiger partial charge in [-0.2, -0.15) is 0 Å². The van der Waals surface area contributed by atoms with Crippen LogP contribution in [0.25, 0.3) is 0 Å². The molecule has 1 N–H and O–H groups in total. The smallest absolute Gasteiger partial charge is 0.240 e. The number of amides is 1. The van der Waals surface area contributed by atoms with Gasteiger partial charge in [-0.1, -0.05) is 43.3 Å². The van der Waals surface area contributed by atoms with E-state index in [2.05, 4.69) is 36.5 Å². The fourth-order valence-corrected chi connectivity index (χ4v) is 4.20. The number of benzene rings is 2. The molecule has 1 saturated heterocycles. The zero-order chi connectivity index (χ0) is 20.1. The average Bonchev–Trinajstić information content (AvgIpc) is 3.31. The van der Waals surface area contributed by atoms with Gasteiger partial charge in [0, 0.05) is 19.1 Å². The molecule has 1 amide bonds. The number of hydrogen-bond donors (Lipinski definition) is 1. The van der Waals surface area contributed by atoms with E-state index < -0.39 is 0 Å². The van der Waals surface area contributed by atoms with E-state index in [4.69, 9.17) is 9.47 Å². The largest absolute Gasteiger partial charge is 0.486 e. The van der Waals surface area contributed by atoms with Gasteiger partial charge in [0.25, 0.3) is 0 Å². The van der Waals surface area contributed by atoms with Gasteiger partial charge in [0.05, 0.1) is 6.04 Å². The van der Waals surface area contributed by atoms with Crippen LogP contribution in [0.5, 0.6) is 11.5 Å². The van der Waals surface area contributed by atoms with Crippen molar-refractivity contribution >= 4 is 5.91 Å². The normalized spacial score (nSPS) is 17.8. The number of hydrogen-bond acceptors (Lipinski definition) is 4. The molecule has 4 rings (SSSR count). The molecule has 154 valence electrons. The van der Waals surface area contributed by atoms with E-state index in [0.717, 1.165) is 49.4 Å². The lowest BCUT2D eigenvalue weighted by Gasteiger charge is -2.29. The summed E-state index contributed by atoms with van der Waals surface area (Å²) in [6, 6.07) is 16.3. The Kier molecular flexibility index (Phi) is 6.35. The molecular weight excluding hydrogens is 364 g/mol. The Labute approximate surface area is 173 Å². The third-order valence-electron chi connectivity index (χ3n) is 5.77. The number of nitrogens with one attached hydrogen (secondary N) is 1. The fraction of sp³-hybridized carbons (Fsp3) is 0.458.